The van der Waals surface area contributed by atoms with Crippen LogP contribution in [0.4, 0.5) is 10.5 Å². The SMILES string of the molecule is CCOc1ccc(N2CC(C(=O)NCCN3C(=O)S/C(=C/c4cccnc4)C3=O)CC2=O)cc1. The summed E-state index contributed by atoms with van der Waals surface area (Å²) in [7, 11) is 0. The predicted molar refractivity (Wildman–Crippen MR) is 128 cm³/mol. The monoisotopic (exact) mass is 480 g/mol. The van der Waals surface area contributed by atoms with E-state index in [0.29, 0.717) is 17.2 Å². The number of aromatic nitrogens is 1. The van der Waals surface area contributed by atoms with E-state index in [2.05, 4.69) is 10.3 Å². The van der Waals surface area contributed by atoms with Gasteiger partial charge in [-0.25, -0.2) is 0 Å². The van der Waals surface area contributed by atoms with E-state index in [-0.39, 0.29) is 43.1 Å². The highest BCUT2D eigenvalue weighted by Crippen LogP contribution is 2.32. The second-order valence-corrected chi connectivity index (χ2v) is 8.74. The molecule has 2 aliphatic heterocycles. The molecule has 1 aromatic carbocycles. The summed E-state index contributed by atoms with van der Waals surface area (Å²) in [5.74, 6) is -0.587. The van der Waals surface area contributed by atoms with Crippen LogP contribution >= 0.6 is 11.8 Å². The first-order chi connectivity index (χ1) is 16.5. The van der Waals surface area contributed by atoms with Gasteiger partial charge in [-0.05, 0) is 60.7 Å². The van der Waals surface area contributed by atoms with E-state index in [4.69, 9.17) is 4.74 Å². The van der Waals surface area contributed by atoms with Gasteiger partial charge in [-0.15, -0.1) is 0 Å². The topological polar surface area (TPSA) is 109 Å². The predicted octanol–water partition coefficient (Wildman–Crippen LogP) is 2.69. The van der Waals surface area contributed by atoms with Crippen LogP contribution in [0.15, 0.2) is 53.7 Å². The molecule has 0 radical (unpaired) electrons. The Bertz CT molecular complexity index is 1120. The van der Waals surface area contributed by atoms with Gasteiger partial charge >= 0.3 is 0 Å². The van der Waals surface area contributed by atoms with Crippen LogP contribution in [-0.4, -0.2) is 59.1 Å². The Labute approximate surface area is 201 Å². The van der Waals surface area contributed by atoms with E-state index >= 15 is 0 Å². The number of pyridine rings is 1. The maximum absolute atomic E-state index is 12.6. The van der Waals surface area contributed by atoms with Crippen LogP contribution in [-0.2, 0) is 14.4 Å². The smallest absolute Gasteiger partial charge is 0.293 e. The second kappa shape index (κ2) is 10.5. The van der Waals surface area contributed by atoms with Crippen molar-refractivity contribution in [1.82, 2.24) is 15.2 Å². The van der Waals surface area contributed by atoms with Crippen LogP contribution in [0.25, 0.3) is 6.08 Å². The lowest BCUT2D eigenvalue weighted by atomic mass is 10.1. The fourth-order valence-electron chi connectivity index (χ4n) is 3.76. The molecule has 10 heteroatoms. The summed E-state index contributed by atoms with van der Waals surface area (Å²) in [4.78, 5) is 56.9. The van der Waals surface area contributed by atoms with Crippen LogP contribution in [0.1, 0.15) is 18.9 Å². The number of imide groups is 1. The summed E-state index contributed by atoms with van der Waals surface area (Å²) in [6.07, 6.45) is 4.96. The van der Waals surface area contributed by atoms with E-state index in [1.165, 1.54) is 0 Å². The van der Waals surface area contributed by atoms with Crippen molar-refractivity contribution >= 4 is 46.5 Å². The zero-order valence-electron chi connectivity index (χ0n) is 18.6. The first kappa shape index (κ1) is 23.5. The van der Waals surface area contributed by atoms with Gasteiger partial charge < -0.3 is 15.0 Å². The summed E-state index contributed by atoms with van der Waals surface area (Å²) in [5, 5.41) is 2.37. The Morgan fingerprint density at radius 2 is 2.03 bits per heavy atom. The molecule has 2 fully saturated rings. The molecule has 0 aliphatic carbocycles. The average molecular weight is 481 g/mol. The van der Waals surface area contributed by atoms with Gasteiger partial charge in [0.15, 0.2) is 0 Å². The van der Waals surface area contributed by atoms with Crippen LogP contribution < -0.4 is 15.0 Å². The highest BCUT2D eigenvalue weighted by Gasteiger charge is 2.37. The fourth-order valence-corrected chi connectivity index (χ4v) is 4.63. The Morgan fingerprint density at radius 3 is 2.74 bits per heavy atom. The van der Waals surface area contributed by atoms with Crippen LogP contribution in [0, 0.1) is 5.92 Å². The number of hydrogen-bond acceptors (Lipinski definition) is 7. The Hall–Kier alpha value is -3.66. The molecule has 34 heavy (non-hydrogen) atoms. The van der Waals surface area contributed by atoms with Crippen molar-refractivity contribution in [2.24, 2.45) is 5.92 Å². The largest absolute Gasteiger partial charge is 0.494 e. The number of nitrogens with zero attached hydrogens (tertiary/aromatic N) is 3. The zero-order valence-corrected chi connectivity index (χ0v) is 19.4. The van der Waals surface area contributed by atoms with Crippen molar-refractivity contribution in [1.29, 1.82) is 0 Å². The van der Waals surface area contributed by atoms with Crippen LogP contribution in [0.3, 0.4) is 0 Å². The lowest BCUT2D eigenvalue weighted by molar-refractivity contribution is -0.127. The van der Waals surface area contributed by atoms with E-state index in [9.17, 15) is 19.2 Å². The minimum Gasteiger partial charge on any atom is -0.494 e. The number of hydrogen-bond donors (Lipinski definition) is 1. The summed E-state index contributed by atoms with van der Waals surface area (Å²) < 4.78 is 5.42. The lowest BCUT2D eigenvalue weighted by Crippen LogP contribution is -2.40. The summed E-state index contributed by atoms with van der Waals surface area (Å²) in [6.45, 7) is 2.90. The molecule has 4 rings (SSSR count). The number of carbonyl (C=O) groups excluding carboxylic acids is 4. The van der Waals surface area contributed by atoms with Crippen molar-refractivity contribution < 1.29 is 23.9 Å². The molecule has 1 aromatic heterocycles. The molecular weight excluding hydrogens is 456 g/mol. The molecule has 0 bridgehead atoms. The van der Waals surface area contributed by atoms with Gasteiger partial charge in [0.2, 0.25) is 11.8 Å². The van der Waals surface area contributed by atoms with Crippen molar-refractivity contribution in [2.45, 2.75) is 13.3 Å². The van der Waals surface area contributed by atoms with E-state index < -0.39 is 11.8 Å². The first-order valence-corrected chi connectivity index (χ1v) is 11.7. The number of rotatable bonds is 8. The van der Waals surface area contributed by atoms with Gasteiger partial charge in [0.1, 0.15) is 5.75 Å². The van der Waals surface area contributed by atoms with Gasteiger partial charge in [-0.2, -0.15) is 0 Å². The van der Waals surface area contributed by atoms with Crippen molar-refractivity contribution in [3.8, 4) is 5.75 Å². The lowest BCUT2D eigenvalue weighted by Gasteiger charge is -2.18. The summed E-state index contributed by atoms with van der Waals surface area (Å²) in [5.41, 5.74) is 1.44. The Balaban J connectivity index is 1.28. The van der Waals surface area contributed by atoms with Crippen molar-refractivity contribution in [3.05, 3.63) is 59.3 Å². The molecular formula is C24H24N4O5S. The van der Waals surface area contributed by atoms with E-state index in [1.807, 2.05) is 6.92 Å². The molecule has 4 amide bonds. The van der Waals surface area contributed by atoms with Crippen molar-refractivity contribution in [3.63, 3.8) is 0 Å². The number of benzene rings is 1. The Kier molecular flexibility index (Phi) is 7.27. The zero-order chi connectivity index (χ0) is 24.1. The third-order valence-corrected chi connectivity index (χ3v) is 6.35. The molecule has 0 saturated carbocycles. The fraction of sp³-hybridized carbons (Fsp3) is 0.292. The molecule has 3 heterocycles. The van der Waals surface area contributed by atoms with Crippen LogP contribution in [0.5, 0.6) is 5.75 Å². The van der Waals surface area contributed by atoms with Gasteiger partial charge in [0.25, 0.3) is 11.1 Å². The molecule has 1 unspecified atom stereocenters. The molecule has 2 aromatic rings. The normalized spacial score (nSPS) is 19.3. The number of anilines is 1. The van der Waals surface area contributed by atoms with E-state index in [1.54, 1.807) is 59.8 Å². The summed E-state index contributed by atoms with van der Waals surface area (Å²) >= 11 is 0.861. The molecule has 0 spiro atoms. The van der Waals surface area contributed by atoms with Crippen LogP contribution in [0.2, 0.25) is 0 Å². The maximum atomic E-state index is 12.6. The van der Waals surface area contributed by atoms with Crippen molar-refractivity contribution in [2.75, 3.05) is 31.1 Å². The van der Waals surface area contributed by atoms with Gasteiger partial charge in [0.05, 0.1) is 17.4 Å². The van der Waals surface area contributed by atoms with Gasteiger partial charge in [-0.1, -0.05) is 6.07 Å². The minimum atomic E-state index is -0.500. The minimum absolute atomic E-state index is 0.0596. The maximum Gasteiger partial charge on any atom is 0.293 e. The third kappa shape index (κ3) is 5.28. The van der Waals surface area contributed by atoms with Gasteiger partial charge in [-0.3, -0.25) is 29.1 Å². The number of carbonyl (C=O) groups is 4. The quantitative estimate of drug-likeness (QED) is 0.579. The molecule has 9 nitrogen and oxygen atoms in total. The third-order valence-electron chi connectivity index (χ3n) is 5.45. The highest BCUT2D eigenvalue weighted by atomic mass is 32.2. The first-order valence-electron chi connectivity index (χ1n) is 10.9. The second-order valence-electron chi connectivity index (χ2n) is 7.74. The van der Waals surface area contributed by atoms with E-state index in [0.717, 1.165) is 28.0 Å². The molecule has 1 atom stereocenters. The number of thioether (sulfide) groups is 1. The summed E-state index contributed by atoms with van der Waals surface area (Å²) in [6, 6.07) is 10.7. The average Bonchev–Trinajstić information content (AvgIpc) is 3.35. The number of ether oxygens (including phenoxy) is 1. The standard InChI is InChI=1S/C24H24N4O5S/c1-2-33-19-7-5-18(6-8-19)28-15-17(13-21(28)29)22(30)26-10-11-27-23(31)20(34-24(27)32)12-16-4-3-9-25-14-16/h3-9,12,14,17H,2,10-11,13,15H2,1H3,(H,26,30)/b20-12+. The molecule has 176 valence electrons. The van der Waals surface area contributed by atoms with Gasteiger partial charge in [0, 0.05) is 44.1 Å². The molecule has 1 N–H and O–H groups in total. The number of amides is 4. The molecule has 2 aliphatic rings. The number of nitrogens with one attached hydrogen (secondary N) is 1. The molecule has 2 saturated heterocycles. The Morgan fingerprint density at radius 1 is 1.24 bits per heavy atom. The highest BCUT2D eigenvalue weighted by molar-refractivity contribution is 8.18.